The largest absolute Gasteiger partial charge is 0.336 e. The van der Waals surface area contributed by atoms with E-state index < -0.39 is 0 Å². The summed E-state index contributed by atoms with van der Waals surface area (Å²) in [4.78, 5) is 14.4. The Bertz CT molecular complexity index is 640. The summed E-state index contributed by atoms with van der Waals surface area (Å²) in [5.41, 5.74) is 1.69. The zero-order chi connectivity index (χ0) is 16.1. The van der Waals surface area contributed by atoms with E-state index in [9.17, 15) is 4.79 Å². The van der Waals surface area contributed by atoms with Crippen LogP contribution in [0.25, 0.3) is 0 Å². The molecule has 7 heteroatoms. The van der Waals surface area contributed by atoms with Crippen molar-refractivity contribution >= 4 is 23.3 Å². The first kappa shape index (κ1) is 15.8. The van der Waals surface area contributed by atoms with E-state index in [1.807, 2.05) is 24.3 Å². The van der Waals surface area contributed by atoms with E-state index in [4.69, 9.17) is 11.6 Å². The number of nitrogens with zero attached hydrogens (tertiary/aromatic N) is 2. The van der Waals surface area contributed by atoms with Crippen molar-refractivity contribution in [2.45, 2.75) is 18.9 Å². The van der Waals surface area contributed by atoms with Crippen LogP contribution < -0.4 is 10.6 Å². The lowest BCUT2D eigenvalue weighted by Crippen LogP contribution is -2.38. The van der Waals surface area contributed by atoms with Gasteiger partial charge in [0.15, 0.2) is 0 Å². The summed E-state index contributed by atoms with van der Waals surface area (Å²) in [7, 11) is 0. The second-order valence-corrected chi connectivity index (χ2v) is 6.01. The number of halogens is 1. The van der Waals surface area contributed by atoms with Crippen molar-refractivity contribution in [3.63, 3.8) is 0 Å². The second-order valence-electron chi connectivity index (χ2n) is 5.60. The van der Waals surface area contributed by atoms with E-state index in [1.54, 1.807) is 12.4 Å². The Labute approximate surface area is 140 Å². The molecule has 2 heterocycles. The lowest BCUT2D eigenvalue weighted by Gasteiger charge is -2.28. The number of hydrogen-bond acceptors (Lipinski definition) is 3. The number of benzene rings is 1. The average molecular weight is 334 g/mol. The highest BCUT2D eigenvalue weighted by Gasteiger charge is 2.25. The monoisotopic (exact) mass is 333 g/mol. The predicted molar refractivity (Wildman–Crippen MR) is 90.6 cm³/mol. The van der Waals surface area contributed by atoms with Crippen molar-refractivity contribution in [3.05, 3.63) is 47.2 Å². The van der Waals surface area contributed by atoms with Gasteiger partial charge in [-0.05, 0) is 37.6 Å². The average Bonchev–Trinajstić information content (AvgIpc) is 3.23. The third-order valence-corrected chi connectivity index (χ3v) is 4.40. The van der Waals surface area contributed by atoms with E-state index in [2.05, 4.69) is 25.7 Å². The van der Waals surface area contributed by atoms with Gasteiger partial charge in [0.05, 0.1) is 17.9 Å². The summed E-state index contributed by atoms with van der Waals surface area (Å²) in [5, 5.41) is 12.9. The third kappa shape index (κ3) is 4.03. The van der Waals surface area contributed by atoms with Gasteiger partial charge in [0.2, 0.25) is 0 Å². The maximum Gasteiger partial charge on any atom is 0.319 e. The SMILES string of the molecule is O=C(NCC(c1ccccc1Cl)N1CCCC1)Nc1cn[nH]c1. The third-order valence-electron chi connectivity index (χ3n) is 4.06. The molecule has 23 heavy (non-hydrogen) atoms. The van der Waals surface area contributed by atoms with Crippen LogP contribution in [0.1, 0.15) is 24.4 Å². The Morgan fingerprint density at radius 2 is 2.13 bits per heavy atom. The van der Waals surface area contributed by atoms with Crippen LogP contribution in [0, 0.1) is 0 Å². The molecule has 3 N–H and O–H groups in total. The molecule has 0 radical (unpaired) electrons. The van der Waals surface area contributed by atoms with Gasteiger partial charge in [-0.2, -0.15) is 5.10 Å². The Morgan fingerprint density at radius 3 is 2.83 bits per heavy atom. The number of carbonyl (C=O) groups excluding carboxylic acids is 1. The molecule has 0 spiro atoms. The van der Waals surface area contributed by atoms with Crippen LogP contribution in [0.3, 0.4) is 0 Å². The van der Waals surface area contributed by atoms with Gasteiger partial charge in [-0.15, -0.1) is 0 Å². The van der Waals surface area contributed by atoms with E-state index in [0.29, 0.717) is 12.2 Å². The highest BCUT2D eigenvalue weighted by atomic mass is 35.5. The number of amides is 2. The van der Waals surface area contributed by atoms with E-state index in [0.717, 1.165) is 23.7 Å². The van der Waals surface area contributed by atoms with Crippen molar-refractivity contribution in [2.75, 3.05) is 25.0 Å². The van der Waals surface area contributed by atoms with Crippen molar-refractivity contribution in [3.8, 4) is 0 Å². The molecular weight excluding hydrogens is 314 g/mol. The molecule has 1 atom stereocenters. The van der Waals surface area contributed by atoms with Crippen LogP contribution in [-0.2, 0) is 0 Å². The normalized spacial score (nSPS) is 16.2. The predicted octanol–water partition coefficient (Wildman–Crippen LogP) is 3.02. The van der Waals surface area contributed by atoms with Crippen LogP contribution in [0.5, 0.6) is 0 Å². The summed E-state index contributed by atoms with van der Waals surface area (Å²) in [6.07, 6.45) is 5.56. The maximum absolute atomic E-state index is 12.0. The number of anilines is 1. The molecule has 1 unspecified atom stereocenters. The lowest BCUT2D eigenvalue weighted by atomic mass is 10.1. The Kier molecular flexibility index (Phi) is 5.15. The first-order chi connectivity index (χ1) is 11.2. The lowest BCUT2D eigenvalue weighted by molar-refractivity contribution is 0.227. The molecule has 1 aliphatic heterocycles. The Balaban J connectivity index is 1.66. The van der Waals surface area contributed by atoms with Crippen molar-refractivity contribution in [1.82, 2.24) is 20.4 Å². The van der Waals surface area contributed by atoms with Crippen LogP contribution in [0.15, 0.2) is 36.7 Å². The van der Waals surface area contributed by atoms with Gasteiger partial charge in [0.1, 0.15) is 0 Å². The number of carbonyl (C=O) groups is 1. The van der Waals surface area contributed by atoms with Gasteiger partial charge >= 0.3 is 6.03 Å². The number of urea groups is 1. The fraction of sp³-hybridized carbons (Fsp3) is 0.375. The molecule has 1 aromatic heterocycles. The van der Waals surface area contributed by atoms with Crippen molar-refractivity contribution in [1.29, 1.82) is 0 Å². The molecule has 0 aliphatic carbocycles. The number of hydrogen-bond donors (Lipinski definition) is 3. The minimum absolute atomic E-state index is 0.0845. The Morgan fingerprint density at radius 1 is 1.35 bits per heavy atom. The van der Waals surface area contributed by atoms with Gasteiger partial charge in [0.25, 0.3) is 0 Å². The number of rotatable bonds is 5. The van der Waals surface area contributed by atoms with Crippen LogP contribution >= 0.6 is 11.6 Å². The second kappa shape index (κ2) is 7.48. The minimum Gasteiger partial charge on any atom is -0.336 e. The molecule has 6 nitrogen and oxygen atoms in total. The summed E-state index contributed by atoms with van der Waals surface area (Å²) in [6, 6.07) is 7.66. The summed E-state index contributed by atoms with van der Waals surface area (Å²) < 4.78 is 0. The molecule has 0 saturated carbocycles. The minimum atomic E-state index is -0.248. The number of likely N-dealkylation sites (tertiary alicyclic amines) is 1. The molecule has 122 valence electrons. The quantitative estimate of drug-likeness (QED) is 0.787. The molecule has 2 amide bonds. The van der Waals surface area contributed by atoms with Gasteiger partial charge in [-0.1, -0.05) is 29.8 Å². The fourth-order valence-corrected chi connectivity index (χ4v) is 3.18. The highest BCUT2D eigenvalue weighted by molar-refractivity contribution is 6.31. The van der Waals surface area contributed by atoms with Crippen LogP contribution in [-0.4, -0.2) is 40.8 Å². The maximum atomic E-state index is 12.0. The number of aromatic amines is 1. The first-order valence-corrected chi connectivity index (χ1v) is 8.14. The molecule has 2 aromatic rings. The van der Waals surface area contributed by atoms with Crippen LogP contribution in [0.2, 0.25) is 5.02 Å². The molecule has 1 saturated heterocycles. The zero-order valence-corrected chi connectivity index (χ0v) is 13.5. The molecule has 1 aromatic carbocycles. The van der Waals surface area contributed by atoms with Crippen LogP contribution in [0.4, 0.5) is 10.5 Å². The molecule has 1 fully saturated rings. The first-order valence-electron chi connectivity index (χ1n) is 7.76. The van der Waals surface area contributed by atoms with Gasteiger partial charge < -0.3 is 10.6 Å². The van der Waals surface area contributed by atoms with E-state index in [1.165, 1.54) is 12.8 Å². The topological polar surface area (TPSA) is 73.1 Å². The number of aromatic nitrogens is 2. The fourth-order valence-electron chi connectivity index (χ4n) is 2.92. The summed E-state index contributed by atoms with van der Waals surface area (Å²) >= 11 is 6.36. The number of H-pyrrole nitrogens is 1. The summed E-state index contributed by atoms with van der Waals surface area (Å²) in [5.74, 6) is 0. The number of nitrogens with one attached hydrogen (secondary N) is 3. The van der Waals surface area contributed by atoms with Gasteiger partial charge in [-0.25, -0.2) is 4.79 Å². The molecule has 1 aliphatic rings. The van der Waals surface area contributed by atoms with Gasteiger partial charge in [0, 0.05) is 17.8 Å². The van der Waals surface area contributed by atoms with Crippen molar-refractivity contribution in [2.24, 2.45) is 0 Å². The van der Waals surface area contributed by atoms with Gasteiger partial charge in [-0.3, -0.25) is 10.00 Å². The standard InChI is InChI=1S/C16H20ClN5O/c17-14-6-2-1-5-13(14)15(22-7-3-4-8-22)11-18-16(23)21-12-9-19-20-10-12/h1-2,5-6,9-10,15H,3-4,7-8,11H2,(H,19,20)(H2,18,21,23). The molecular formula is C16H20ClN5O. The zero-order valence-electron chi connectivity index (χ0n) is 12.8. The van der Waals surface area contributed by atoms with E-state index in [-0.39, 0.29) is 12.1 Å². The molecule has 0 bridgehead atoms. The smallest absolute Gasteiger partial charge is 0.319 e. The summed E-state index contributed by atoms with van der Waals surface area (Å²) in [6.45, 7) is 2.56. The highest BCUT2D eigenvalue weighted by Crippen LogP contribution is 2.29. The van der Waals surface area contributed by atoms with Crippen molar-refractivity contribution < 1.29 is 4.79 Å². The molecule has 3 rings (SSSR count). The van der Waals surface area contributed by atoms with E-state index >= 15 is 0 Å². The Hall–Kier alpha value is -2.05.